The van der Waals surface area contributed by atoms with Gasteiger partial charge in [-0.1, -0.05) is 0 Å². The van der Waals surface area contributed by atoms with Crippen molar-refractivity contribution in [1.82, 2.24) is 0 Å². The van der Waals surface area contributed by atoms with Gasteiger partial charge in [-0.25, -0.2) is 0 Å². The molecular weight excluding hydrogens is 211 g/mol. The summed E-state index contributed by atoms with van der Waals surface area (Å²) in [5.41, 5.74) is -1.25. The summed E-state index contributed by atoms with van der Waals surface area (Å²) in [6.07, 6.45) is -4.49. The molecule has 5 heteroatoms. The Morgan fingerprint density at radius 1 is 1.36 bits per heavy atom. The van der Waals surface area contributed by atoms with Crippen LogP contribution in [0.15, 0.2) is 17.0 Å². The van der Waals surface area contributed by atoms with E-state index in [0.29, 0.717) is 4.90 Å². The van der Waals surface area contributed by atoms with Gasteiger partial charge in [0.25, 0.3) is 0 Å². The van der Waals surface area contributed by atoms with Gasteiger partial charge in [-0.2, -0.15) is 18.4 Å². The molecule has 1 rings (SSSR count). The van der Waals surface area contributed by atoms with Gasteiger partial charge in [0, 0.05) is 4.90 Å². The van der Waals surface area contributed by atoms with E-state index in [2.05, 4.69) is 12.6 Å². The van der Waals surface area contributed by atoms with Gasteiger partial charge in [-0.15, -0.1) is 12.6 Å². The lowest BCUT2D eigenvalue weighted by Gasteiger charge is -2.12. The minimum Gasteiger partial charge on any atom is -0.192 e. The van der Waals surface area contributed by atoms with E-state index in [4.69, 9.17) is 5.26 Å². The zero-order valence-electron chi connectivity index (χ0n) is 7.18. The van der Waals surface area contributed by atoms with Crippen molar-refractivity contribution in [2.75, 3.05) is 0 Å². The minimum atomic E-state index is -4.49. The van der Waals surface area contributed by atoms with Crippen LogP contribution in [0.25, 0.3) is 0 Å². The first kappa shape index (κ1) is 10.9. The van der Waals surface area contributed by atoms with E-state index in [0.717, 1.165) is 6.07 Å². The monoisotopic (exact) mass is 217 g/mol. The highest BCUT2D eigenvalue weighted by Gasteiger charge is 2.35. The molecule has 0 aliphatic rings. The smallest absolute Gasteiger partial charge is 0.192 e. The molecule has 0 saturated heterocycles. The molecule has 0 spiro atoms. The van der Waals surface area contributed by atoms with Crippen molar-refractivity contribution in [2.24, 2.45) is 0 Å². The molecule has 0 aliphatic heterocycles. The average Bonchev–Trinajstić information content (AvgIpc) is 1.99. The van der Waals surface area contributed by atoms with Crippen LogP contribution in [0.2, 0.25) is 0 Å². The molecule has 1 aromatic rings. The van der Waals surface area contributed by atoms with Crippen molar-refractivity contribution in [1.29, 1.82) is 5.26 Å². The summed E-state index contributed by atoms with van der Waals surface area (Å²) in [5.74, 6) is 0. The maximum Gasteiger partial charge on any atom is 0.417 e. The summed E-state index contributed by atoms with van der Waals surface area (Å²) >= 11 is 3.90. The van der Waals surface area contributed by atoms with Gasteiger partial charge in [0.2, 0.25) is 0 Å². The molecule has 14 heavy (non-hydrogen) atoms. The fraction of sp³-hybridized carbons (Fsp3) is 0.222. The summed E-state index contributed by atoms with van der Waals surface area (Å²) in [6, 6.07) is 3.91. The quantitative estimate of drug-likeness (QED) is 0.663. The summed E-state index contributed by atoms with van der Waals surface area (Å²) in [7, 11) is 0. The largest absolute Gasteiger partial charge is 0.417 e. The summed E-state index contributed by atoms with van der Waals surface area (Å²) < 4.78 is 37.4. The minimum absolute atomic E-state index is 0.0153. The summed E-state index contributed by atoms with van der Waals surface area (Å²) in [4.78, 5) is 0.354. The van der Waals surface area contributed by atoms with Crippen molar-refractivity contribution >= 4 is 12.6 Å². The fourth-order valence-corrected chi connectivity index (χ4v) is 1.56. The normalized spacial score (nSPS) is 11.1. The van der Waals surface area contributed by atoms with Crippen LogP contribution in [0, 0.1) is 18.3 Å². The molecule has 0 heterocycles. The molecule has 74 valence electrons. The van der Waals surface area contributed by atoms with Crippen molar-refractivity contribution in [3.63, 3.8) is 0 Å². The number of nitrogens with zero attached hydrogens (tertiary/aromatic N) is 1. The number of benzene rings is 1. The number of nitriles is 1. The summed E-state index contributed by atoms with van der Waals surface area (Å²) in [5, 5.41) is 8.55. The van der Waals surface area contributed by atoms with E-state index in [1.54, 1.807) is 0 Å². The van der Waals surface area contributed by atoms with Crippen LogP contribution in [0.5, 0.6) is 0 Å². The third-order valence-corrected chi connectivity index (χ3v) is 1.98. The molecular formula is C9H6F3NS. The second-order valence-electron chi connectivity index (χ2n) is 2.79. The Hall–Kier alpha value is -1.15. The van der Waals surface area contributed by atoms with Gasteiger partial charge in [0.15, 0.2) is 0 Å². The lowest BCUT2D eigenvalue weighted by Crippen LogP contribution is -2.10. The van der Waals surface area contributed by atoms with Crippen LogP contribution in [-0.2, 0) is 6.18 Å². The zero-order chi connectivity index (χ0) is 10.9. The number of thiol groups is 1. The van der Waals surface area contributed by atoms with Crippen molar-refractivity contribution in [3.8, 4) is 6.07 Å². The standard InChI is InChI=1S/C9H6F3NS/c1-5-2-7(14)3-6(4-13)8(5)9(10,11)12/h2-3,14H,1H3. The number of rotatable bonds is 0. The first-order chi connectivity index (χ1) is 6.36. The molecule has 0 amide bonds. The van der Waals surface area contributed by atoms with E-state index < -0.39 is 11.7 Å². The van der Waals surface area contributed by atoms with Crippen molar-refractivity contribution < 1.29 is 13.2 Å². The van der Waals surface area contributed by atoms with Crippen LogP contribution in [0.3, 0.4) is 0 Å². The first-order valence-corrected chi connectivity index (χ1v) is 4.12. The highest BCUT2D eigenvalue weighted by atomic mass is 32.1. The Labute approximate surface area is 84.6 Å². The van der Waals surface area contributed by atoms with Gasteiger partial charge in [0.1, 0.15) is 0 Å². The molecule has 0 aromatic heterocycles. The third kappa shape index (κ3) is 2.02. The fourth-order valence-electron chi connectivity index (χ4n) is 1.23. The Bertz CT molecular complexity index is 404. The molecule has 0 atom stereocenters. The van der Waals surface area contributed by atoms with Crippen LogP contribution < -0.4 is 0 Å². The van der Waals surface area contributed by atoms with Crippen LogP contribution in [0.4, 0.5) is 13.2 Å². The van der Waals surface area contributed by atoms with Gasteiger partial charge in [-0.05, 0) is 24.6 Å². The molecule has 1 nitrogen and oxygen atoms in total. The number of hydrogen-bond acceptors (Lipinski definition) is 2. The van der Waals surface area contributed by atoms with Crippen LogP contribution in [0.1, 0.15) is 16.7 Å². The topological polar surface area (TPSA) is 23.8 Å². The molecule has 0 radical (unpaired) electrons. The van der Waals surface area contributed by atoms with E-state index in [1.165, 1.54) is 19.1 Å². The molecule has 0 N–H and O–H groups in total. The van der Waals surface area contributed by atoms with E-state index in [9.17, 15) is 13.2 Å². The van der Waals surface area contributed by atoms with Gasteiger partial charge in [0.05, 0.1) is 17.2 Å². The SMILES string of the molecule is Cc1cc(S)cc(C#N)c1C(F)(F)F. The maximum absolute atomic E-state index is 12.5. The second kappa shape index (κ2) is 3.54. The highest BCUT2D eigenvalue weighted by molar-refractivity contribution is 7.80. The van der Waals surface area contributed by atoms with Crippen molar-refractivity contribution in [2.45, 2.75) is 18.0 Å². The van der Waals surface area contributed by atoms with Crippen LogP contribution in [-0.4, -0.2) is 0 Å². The van der Waals surface area contributed by atoms with E-state index >= 15 is 0 Å². The molecule has 0 unspecified atom stereocenters. The number of halogens is 3. The Kier molecular flexibility index (Phi) is 2.76. The lowest BCUT2D eigenvalue weighted by molar-refractivity contribution is -0.138. The zero-order valence-corrected chi connectivity index (χ0v) is 8.08. The molecule has 1 aromatic carbocycles. The van der Waals surface area contributed by atoms with Gasteiger partial charge >= 0.3 is 6.18 Å². The van der Waals surface area contributed by atoms with Gasteiger partial charge < -0.3 is 0 Å². The molecule has 0 saturated carbocycles. The molecule has 0 bridgehead atoms. The van der Waals surface area contributed by atoms with E-state index in [-0.39, 0.29) is 11.1 Å². The first-order valence-electron chi connectivity index (χ1n) is 3.67. The maximum atomic E-state index is 12.5. The highest BCUT2D eigenvalue weighted by Crippen LogP contribution is 2.35. The average molecular weight is 217 g/mol. The van der Waals surface area contributed by atoms with Crippen molar-refractivity contribution in [3.05, 3.63) is 28.8 Å². The Morgan fingerprint density at radius 3 is 2.36 bits per heavy atom. The predicted octanol–water partition coefficient (Wildman–Crippen LogP) is 3.17. The summed E-state index contributed by atoms with van der Waals surface area (Å²) in [6.45, 7) is 1.31. The second-order valence-corrected chi connectivity index (χ2v) is 3.31. The Morgan fingerprint density at radius 2 is 1.93 bits per heavy atom. The number of aryl methyl sites for hydroxylation is 1. The predicted molar refractivity (Wildman–Crippen MR) is 48.1 cm³/mol. The number of hydrogen-bond donors (Lipinski definition) is 1. The molecule has 0 fully saturated rings. The van der Waals surface area contributed by atoms with Gasteiger partial charge in [-0.3, -0.25) is 0 Å². The molecule has 0 aliphatic carbocycles. The lowest BCUT2D eigenvalue weighted by atomic mass is 10.0. The van der Waals surface area contributed by atoms with E-state index in [1.807, 2.05) is 0 Å². The number of alkyl halides is 3. The van der Waals surface area contributed by atoms with Crippen LogP contribution >= 0.6 is 12.6 Å². The third-order valence-electron chi connectivity index (χ3n) is 1.72. The Balaban J connectivity index is 3.51.